The second kappa shape index (κ2) is 8.17. The smallest absolute Gasteiger partial charge is 0.258 e. The molecule has 0 saturated carbocycles. The summed E-state index contributed by atoms with van der Waals surface area (Å²) in [6.45, 7) is 6.55. The van der Waals surface area contributed by atoms with E-state index < -0.39 is 0 Å². The topological polar surface area (TPSA) is 58.6 Å². The highest BCUT2D eigenvalue weighted by molar-refractivity contribution is 5.76. The molecular weight excluding hydrogens is 352 g/mol. The van der Waals surface area contributed by atoms with E-state index in [9.17, 15) is 4.79 Å². The van der Waals surface area contributed by atoms with E-state index in [1.54, 1.807) is 12.4 Å². The summed E-state index contributed by atoms with van der Waals surface area (Å²) in [6, 6.07) is 8.39. The summed E-state index contributed by atoms with van der Waals surface area (Å²) in [4.78, 5) is 25.5. The van der Waals surface area contributed by atoms with Crippen molar-refractivity contribution in [3.05, 3.63) is 42.2 Å². The fourth-order valence-electron chi connectivity index (χ4n) is 3.92. The molecule has 28 heavy (non-hydrogen) atoms. The van der Waals surface area contributed by atoms with Gasteiger partial charge in [-0.05, 0) is 30.4 Å². The van der Waals surface area contributed by atoms with Gasteiger partial charge in [-0.1, -0.05) is 32.0 Å². The third kappa shape index (κ3) is 3.96. The fraction of sp³-hybridized carbons (Fsp3) is 0.500. The molecule has 0 radical (unpaired) electrons. The van der Waals surface area contributed by atoms with Gasteiger partial charge < -0.3 is 14.5 Å². The van der Waals surface area contributed by atoms with E-state index in [1.165, 1.54) is 11.3 Å². The van der Waals surface area contributed by atoms with Crippen LogP contribution in [0.5, 0.6) is 5.88 Å². The number of anilines is 2. The van der Waals surface area contributed by atoms with Crippen molar-refractivity contribution >= 4 is 17.4 Å². The van der Waals surface area contributed by atoms with Gasteiger partial charge in [-0.3, -0.25) is 4.79 Å². The molecule has 1 amide bonds. The molecule has 0 aliphatic carbocycles. The van der Waals surface area contributed by atoms with Gasteiger partial charge in [-0.25, -0.2) is 9.97 Å². The minimum Gasteiger partial charge on any atom is -0.470 e. The van der Waals surface area contributed by atoms with Crippen molar-refractivity contribution in [3.8, 4) is 5.88 Å². The van der Waals surface area contributed by atoms with Crippen LogP contribution in [0.15, 0.2) is 36.7 Å². The largest absolute Gasteiger partial charge is 0.470 e. The van der Waals surface area contributed by atoms with Crippen molar-refractivity contribution < 1.29 is 9.53 Å². The fourth-order valence-corrected chi connectivity index (χ4v) is 3.92. The van der Waals surface area contributed by atoms with E-state index in [4.69, 9.17) is 4.74 Å². The quantitative estimate of drug-likeness (QED) is 0.767. The number of carbonyl (C=O) groups is 1. The van der Waals surface area contributed by atoms with E-state index in [0.29, 0.717) is 24.8 Å². The van der Waals surface area contributed by atoms with E-state index in [0.717, 1.165) is 38.2 Å². The Labute approximate surface area is 166 Å². The molecular formula is C22H28N4O2. The molecule has 3 heterocycles. The number of para-hydroxylation sites is 1. The van der Waals surface area contributed by atoms with Gasteiger partial charge in [-0.2, -0.15) is 0 Å². The Kier molecular flexibility index (Phi) is 5.46. The number of rotatable bonds is 6. The van der Waals surface area contributed by atoms with Crippen molar-refractivity contribution in [3.63, 3.8) is 0 Å². The number of likely N-dealkylation sites (tertiary alicyclic amines) is 1. The number of hydrogen-bond acceptors (Lipinski definition) is 5. The van der Waals surface area contributed by atoms with Crippen LogP contribution in [-0.2, 0) is 11.2 Å². The molecule has 1 saturated heterocycles. The van der Waals surface area contributed by atoms with Crippen LogP contribution in [0.1, 0.15) is 38.7 Å². The number of aromatic nitrogens is 2. The minimum absolute atomic E-state index is 0.0312. The number of benzene rings is 1. The summed E-state index contributed by atoms with van der Waals surface area (Å²) in [5, 5.41) is 0. The van der Waals surface area contributed by atoms with Gasteiger partial charge in [0.2, 0.25) is 5.91 Å². The van der Waals surface area contributed by atoms with E-state index in [2.05, 4.69) is 46.9 Å². The van der Waals surface area contributed by atoms with Crippen molar-refractivity contribution in [2.75, 3.05) is 24.5 Å². The van der Waals surface area contributed by atoms with Crippen LogP contribution >= 0.6 is 0 Å². The molecule has 1 aromatic carbocycles. The maximum absolute atomic E-state index is 12.4. The lowest BCUT2D eigenvalue weighted by atomic mass is 10.1. The Hall–Kier alpha value is -2.63. The van der Waals surface area contributed by atoms with E-state index in [-0.39, 0.29) is 12.0 Å². The lowest BCUT2D eigenvalue weighted by molar-refractivity contribution is -0.130. The number of hydrogen-bond donors (Lipinski definition) is 0. The Morgan fingerprint density at radius 3 is 2.89 bits per heavy atom. The molecule has 2 aliphatic heterocycles. The molecule has 1 aromatic heterocycles. The minimum atomic E-state index is -0.0312. The summed E-state index contributed by atoms with van der Waals surface area (Å²) in [6.07, 6.45) is 6.72. The van der Waals surface area contributed by atoms with Crippen molar-refractivity contribution in [1.29, 1.82) is 0 Å². The molecule has 1 atom stereocenters. The van der Waals surface area contributed by atoms with Crippen LogP contribution in [0.2, 0.25) is 0 Å². The van der Waals surface area contributed by atoms with E-state index >= 15 is 0 Å². The Bertz CT molecular complexity index is 839. The van der Waals surface area contributed by atoms with Gasteiger partial charge in [0.05, 0.1) is 6.54 Å². The van der Waals surface area contributed by atoms with Crippen LogP contribution in [-0.4, -0.2) is 46.5 Å². The number of nitrogens with zero attached hydrogens (tertiary/aromatic N) is 4. The van der Waals surface area contributed by atoms with Crippen LogP contribution in [0.25, 0.3) is 0 Å². The highest BCUT2D eigenvalue weighted by atomic mass is 16.5. The molecule has 1 unspecified atom stereocenters. The first-order chi connectivity index (χ1) is 13.6. The summed E-state index contributed by atoms with van der Waals surface area (Å²) in [7, 11) is 0. The average molecular weight is 380 g/mol. The summed E-state index contributed by atoms with van der Waals surface area (Å²) >= 11 is 0. The highest BCUT2D eigenvalue weighted by Crippen LogP contribution is 2.37. The van der Waals surface area contributed by atoms with Crippen LogP contribution in [0.3, 0.4) is 0 Å². The predicted octanol–water partition coefficient (Wildman–Crippen LogP) is 3.59. The maximum Gasteiger partial charge on any atom is 0.258 e. The predicted molar refractivity (Wildman–Crippen MR) is 109 cm³/mol. The van der Waals surface area contributed by atoms with Gasteiger partial charge in [-0.15, -0.1) is 0 Å². The van der Waals surface area contributed by atoms with Gasteiger partial charge in [0, 0.05) is 44.0 Å². The molecule has 0 bridgehead atoms. The van der Waals surface area contributed by atoms with Crippen molar-refractivity contribution in [2.45, 2.75) is 45.6 Å². The third-order valence-electron chi connectivity index (χ3n) is 5.50. The lowest BCUT2D eigenvalue weighted by Crippen LogP contribution is -2.31. The Balaban J connectivity index is 1.44. The van der Waals surface area contributed by atoms with Crippen LogP contribution in [0, 0.1) is 5.92 Å². The van der Waals surface area contributed by atoms with Gasteiger partial charge in [0.1, 0.15) is 6.10 Å². The molecule has 6 heteroatoms. The lowest BCUT2D eigenvalue weighted by Gasteiger charge is -2.22. The van der Waals surface area contributed by atoms with Crippen molar-refractivity contribution in [1.82, 2.24) is 14.9 Å². The van der Waals surface area contributed by atoms with E-state index in [1.807, 2.05) is 11.0 Å². The number of fused-ring (bicyclic) bond motifs is 1. The molecule has 6 nitrogen and oxygen atoms in total. The number of carbonyl (C=O) groups excluding carboxylic acids is 1. The highest BCUT2D eigenvalue weighted by Gasteiger charge is 2.30. The van der Waals surface area contributed by atoms with Crippen LogP contribution < -0.4 is 9.64 Å². The second-order valence-corrected chi connectivity index (χ2v) is 8.02. The maximum atomic E-state index is 12.4. The summed E-state index contributed by atoms with van der Waals surface area (Å²) in [5.74, 6) is 2.09. The first-order valence-electron chi connectivity index (χ1n) is 10.2. The average Bonchev–Trinajstić information content (AvgIpc) is 3.34. The Morgan fingerprint density at radius 1 is 1.21 bits per heavy atom. The van der Waals surface area contributed by atoms with Gasteiger partial charge in [0.25, 0.3) is 5.88 Å². The van der Waals surface area contributed by atoms with Crippen LogP contribution in [0.4, 0.5) is 11.5 Å². The van der Waals surface area contributed by atoms with Gasteiger partial charge in [0.15, 0.2) is 5.82 Å². The molecule has 1 fully saturated rings. The molecule has 4 rings (SSSR count). The number of ether oxygens (including phenoxy) is 1. The second-order valence-electron chi connectivity index (χ2n) is 8.02. The molecule has 2 aromatic rings. The normalized spacial score (nSPS) is 18.6. The van der Waals surface area contributed by atoms with Gasteiger partial charge >= 0.3 is 0 Å². The number of amides is 1. The zero-order valence-corrected chi connectivity index (χ0v) is 16.7. The van der Waals surface area contributed by atoms with Crippen molar-refractivity contribution in [2.24, 2.45) is 5.92 Å². The molecule has 0 N–H and O–H groups in total. The first kappa shape index (κ1) is 18.7. The molecule has 148 valence electrons. The zero-order valence-electron chi connectivity index (χ0n) is 16.7. The zero-order chi connectivity index (χ0) is 19.5. The molecule has 0 spiro atoms. The molecule has 2 aliphatic rings. The monoisotopic (exact) mass is 380 g/mol. The standard InChI is InChI=1S/C22H28N4O2/c1-16(2)7-8-20(27)25-13-10-18(15-25)28-22-21(23-11-12-24-22)26-14-9-17-5-3-4-6-19(17)26/h3-6,11-12,16,18H,7-10,13-15H2,1-2H3. The third-order valence-corrected chi connectivity index (χ3v) is 5.50. The SMILES string of the molecule is CC(C)CCC(=O)N1CCC(Oc2nccnc2N2CCc3ccccc32)C1. The Morgan fingerprint density at radius 2 is 2.04 bits per heavy atom. The summed E-state index contributed by atoms with van der Waals surface area (Å²) in [5.41, 5.74) is 2.49. The summed E-state index contributed by atoms with van der Waals surface area (Å²) < 4.78 is 6.23. The first-order valence-corrected chi connectivity index (χ1v) is 10.2.